The van der Waals surface area contributed by atoms with Gasteiger partial charge in [0.1, 0.15) is 6.23 Å². The zero-order valence-corrected chi connectivity index (χ0v) is 10.0. The Morgan fingerprint density at radius 2 is 2.07 bits per heavy atom. The minimum Gasteiger partial charge on any atom is -0.358 e. The Kier molecular flexibility index (Phi) is 6.54. The van der Waals surface area contributed by atoms with Crippen molar-refractivity contribution in [3.63, 3.8) is 0 Å². The molecule has 0 unspecified atom stereocenters. The molecule has 1 aliphatic rings. The summed E-state index contributed by atoms with van der Waals surface area (Å²) in [5.74, 6) is 0.119. The van der Waals surface area contributed by atoms with Crippen LogP contribution in [-0.2, 0) is 9.53 Å². The van der Waals surface area contributed by atoms with Gasteiger partial charge in [0.15, 0.2) is 0 Å². The van der Waals surface area contributed by atoms with Crippen LogP contribution in [0.15, 0.2) is 0 Å². The molecule has 0 aliphatic carbocycles. The molecule has 1 aliphatic heterocycles. The van der Waals surface area contributed by atoms with Crippen LogP contribution in [0, 0.1) is 0 Å². The van der Waals surface area contributed by atoms with Crippen molar-refractivity contribution >= 4 is 5.91 Å². The summed E-state index contributed by atoms with van der Waals surface area (Å²) in [6.45, 7) is 10.5. The van der Waals surface area contributed by atoms with E-state index in [4.69, 9.17) is 4.74 Å². The molecule has 84 valence electrons. The second kappa shape index (κ2) is 6.82. The first-order valence-electron chi connectivity index (χ1n) is 5.57. The number of rotatable bonds is 1. The zero-order valence-electron chi connectivity index (χ0n) is 10.0. The number of hydrogen-bond acceptors (Lipinski definition) is 2. The van der Waals surface area contributed by atoms with E-state index in [-0.39, 0.29) is 12.1 Å². The van der Waals surface area contributed by atoms with Crippen molar-refractivity contribution in [3.05, 3.63) is 0 Å². The van der Waals surface area contributed by atoms with Gasteiger partial charge in [-0.05, 0) is 19.8 Å². The molecule has 0 aromatic heterocycles. The molecule has 0 aromatic rings. The maximum absolute atomic E-state index is 11.2. The maximum Gasteiger partial charge on any atom is 0.221 e. The van der Waals surface area contributed by atoms with E-state index in [2.05, 4.69) is 6.92 Å². The van der Waals surface area contributed by atoms with Crippen molar-refractivity contribution in [3.8, 4) is 0 Å². The van der Waals surface area contributed by atoms with Crippen LogP contribution in [0.1, 0.15) is 47.5 Å². The first kappa shape index (κ1) is 13.4. The van der Waals surface area contributed by atoms with Gasteiger partial charge in [0.2, 0.25) is 5.91 Å². The molecule has 0 bridgehead atoms. The van der Waals surface area contributed by atoms with Gasteiger partial charge in [-0.1, -0.05) is 20.8 Å². The third-order valence-corrected chi connectivity index (χ3v) is 2.34. The van der Waals surface area contributed by atoms with Crippen LogP contribution in [0.5, 0.6) is 0 Å². The standard InChI is InChI=1S/C9H17NO2.C2H6/c1-4-9-10(8(3)11)7(2)5-6-12-9;1-2/h7,9H,4-6H2,1-3H3;1-2H3/t7-,9+;/m1./s1. The predicted molar refractivity (Wildman–Crippen MR) is 58.0 cm³/mol. The molecule has 2 atom stereocenters. The molecule has 1 rings (SSSR count). The lowest BCUT2D eigenvalue weighted by Gasteiger charge is -2.39. The van der Waals surface area contributed by atoms with Gasteiger partial charge in [-0.25, -0.2) is 0 Å². The van der Waals surface area contributed by atoms with Crippen LogP contribution in [0.3, 0.4) is 0 Å². The third kappa shape index (κ3) is 3.29. The normalized spacial score (nSPS) is 26.5. The van der Waals surface area contributed by atoms with E-state index < -0.39 is 0 Å². The van der Waals surface area contributed by atoms with Gasteiger partial charge in [0.25, 0.3) is 0 Å². The second-order valence-electron chi connectivity index (χ2n) is 3.30. The van der Waals surface area contributed by atoms with Crippen LogP contribution in [0.2, 0.25) is 0 Å². The summed E-state index contributed by atoms with van der Waals surface area (Å²) in [5, 5.41) is 0. The predicted octanol–water partition coefficient (Wildman–Crippen LogP) is 2.41. The molecule has 0 radical (unpaired) electrons. The summed E-state index contributed by atoms with van der Waals surface area (Å²) in [4.78, 5) is 13.1. The molecule has 3 heteroatoms. The van der Waals surface area contributed by atoms with Crippen LogP contribution in [0.25, 0.3) is 0 Å². The number of ether oxygens (including phenoxy) is 1. The monoisotopic (exact) mass is 201 g/mol. The molecule has 0 spiro atoms. The van der Waals surface area contributed by atoms with E-state index in [1.54, 1.807) is 6.92 Å². The zero-order chi connectivity index (χ0) is 11.1. The highest BCUT2D eigenvalue weighted by Gasteiger charge is 2.28. The fraction of sp³-hybridized carbons (Fsp3) is 0.909. The molecule has 3 nitrogen and oxygen atoms in total. The van der Waals surface area contributed by atoms with E-state index in [9.17, 15) is 4.79 Å². The molecule has 1 fully saturated rings. The Labute approximate surface area is 87.4 Å². The van der Waals surface area contributed by atoms with Gasteiger partial charge < -0.3 is 9.64 Å². The molecule has 14 heavy (non-hydrogen) atoms. The molecule has 1 amide bonds. The van der Waals surface area contributed by atoms with Crippen molar-refractivity contribution in [2.75, 3.05) is 6.61 Å². The van der Waals surface area contributed by atoms with Gasteiger partial charge in [-0.2, -0.15) is 0 Å². The highest BCUT2D eigenvalue weighted by molar-refractivity contribution is 5.73. The van der Waals surface area contributed by atoms with E-state index >= 15 is 0 Å². The lowest BCUT2D eigenvalue weighted by atomic mass is 10.1. The Morgan fingerprint density at radius 3 is 2.43 bits per heavy atom. The third-order valence-electron chi connectivity index (χ3n) is 2.34. The highest BCUT2D eigenvalue weighted by Crippen LogP contribution is 2.18. The van der Waals surface area contributed by atoms with Gasteiger partial charge in [-0.15, -0.1) is 0 Å². The molecule has 0 saturated carbocycles. The van der Waals surface area contributed by atoms with Crippen molar-refractivity contribution < 1.29 is 9.53 Å². The summed E-state index contributed by atoms with van der Waals surface area (Å²) in [7, 11) is 0. The smallest absolute Gasteiger partial charge is 0.221 e. The van der Waals surface area contributed by atoms with Gasteiger partial charge in [-0.3, -0.25) is 4.79 Å². The van der Waals surface area contributed by atoms with Crippen molar-refractivity contribution in [1.82, 2.24) is 4.90 Å². The van der Waals surface area contributed by atoms with E-state index in [1.165, 1.54) is 0 Å². The second-order valence-corrected chi connectivity index (χ2v) is 3.30. The van der Waals surface area contributed by atoms with Crippen LogP contribution >= 0.6 is 0 Å². The Bertz CT molecular complexity index is 171. The average molecular weight is 201 g/mol. The minimum atomic E-state index is 0.00579. The van der Waals surface area contributed by atoms with Gasteiger partial charge in [0.05, 0.1) is 6.61 Å². The molecular weight excluding hydrogens is 178 g/mol. The summed E-state index contributed by atoms with van der Waals surface area (Å²) in [5.41, 5.74) is 0. The molecule has 1 heterocycles. The molecular formula is C11H23NO2. The number of amides is 1. The molecule has 1 saturated heterocycles. The minimum absolute atomic E-state index is 0.00579. The van der Waals surface area contributed by atoms with Crippen molar-refractivity contribution in [1.29, 1.82) is 0 Å². The van der Waals surface area contributed by atoms with E-state index in [0.29, 0.717) is 6.04 Å². The fourth-order valence-electron chi connectivity index (χ4n) is 1.71. The summed E-state index contributed by atoms with van der Waals surface area (Å²) < 4.78 is 5.48. The number of carbonyl (C=O) groups excluding carboxylic acids is 1. The highest BCUT2D eigenvalue weighted by atomic mass is 16.5. The molecule has 0 aromatic carbocycles. The lowest BCUT2D eigenvalue weighted by molar-refractivity contribution is -0.160. The number of nitrogens with zero attached hydrogens (tertiary/aromatic N) is 1. The van der Waals surface area contributed by atoms with E-state index in [1.807, 2.05) is 25.7 Å². The van der Waals surface area contributed by atoms with Crippen LogP contribution in [0.4, 0.5) is 0 Å². The Morgan fingerprint density at radius 1 is 1.50 bits per heavy atom. The summed E-state index contributed by atoms with van der Waals surface area (Å²) in [6, 6.07) is 0.334. The first-order chi connectivity index (χ1) is 6.66. The number of hydrogen-bond donors (Lipinski definition) is 0. The Balaban J connectivity index is 0.000000791. The largest absolute Gasteiger partial charge is 0.358 e. The lowest BCUT2D eigenvalue weighted by Crippen LogP contribution is -2.50. The van der Waals surface area contributed by atoms with Gasteiger partial charge >= 0.3 is 0 Å². The topological polar surface area (TPSA) is 29.5 Å². The van der Waals surface area contributed by atoms with E-state index in [0.717, 1.165) is 19.4 Å². The van der Waals surface area contributed by atoms with Gasteiger partial charge in [0, 0.05) is 13.0 Å². The Hall–Kier alpha value is -0.570. The fourth-order valence-corrected chi connectivity index (χ4v) is 1.71. The van der Waals surface area contributed by atoms with Crippen molar-refractivity contribution in [2.24, 2.45) is 0 Å². The number of carbonyl (C=O) groups is 1. The van der Waals surface area contributed by atoms with Crippen LogP contribution < -0.4 is 0 Å². The average Bonchev–Trinajstić information content (AvgIpc) is 2.19. The van der Waals surface area contributed by atoms with Crippen LogP contribution in [-0.4, -0.2) is 29.7 Å². The summed E-state index contributed by atoms with van der Waals surface area (Å²) >= 11 is 0. The first-order valence-corrected chi connectivity index (χ1v) is 5.57. The quantitative estimate of drug-likeness (QED) is 0.652. The SMILES string of the molecule is CC.CC[C@@H]1OCC[C@@H](C)N1C(C)=O. The molecule has 0 N–H and O–H groups in total. The maximum atomic E-state index is 11.2. The van der Waals surface area contributed by atoms with Crippen molar-refractivity contribution in [2.45, 2.75) is 59.7 Å². The summed E-state index contributed by atoms with van der Waals surface area (Å²) in [6.07, 6.45) is 1.84.